The fourth-order valence-corrected chi connectivity index (χ4v) is 2.49. The zero-order chi connectivity index (χ0) is 15.4. The Morgan fingerprint density at radius 1 is 1.38 bits per heavy atom. The number of piperazine rings is 1. The number of nitrogens with zero attached hydrogens (tertiary/aromatic N) is 4. The summed E-state index contributed by atoms with van der Waals surface area (Å²) in [4.78, 5) is 22.7. The number of aliphatic hydroxyl groups excluding tert-OH is 1. The monoisotopic (exact) mass is 292 g/mol. The van der Waals surface area contributed by atoms with E-state index in [0.29, 0.717) is 25.2 Å². The number of carbonyl (C=O) groups is 1. The molecule has 21 heavy (non-hydrogen) atoms. The van der Waals surface area contributed by atoms with Crippen molar-refractivity contribution in [3.05, 3.63) is 23.9 Å². The largest absolute Gasteiger partial charge is 0.392 e. The zero-order valence-corrected chi connectivity index (χ0v) is 13.0. The van der Waals surface area contributed by atoms with E-state index in [-0.39, 0.29) is 12.0 Å². The molecule has 0 unspecified atom stereocenters. The molecule has 0 aromatic carbocycles. The van der Waals surface area contributed by atoms with Crippen molar-refractivity contribution >= 4 is 11.7 Å². The Morgan fingerprint density at radius 2 is 2.05 bits per heavy atom. The van der Waals surface area contributed by atoms with Gasteiger partial charge >= 0.3 is 0 Å². The third-order valence-corrected chi connectivity index (χ3v) is 3.63. The fourth-order valence-electron chi connectivity index (χ4n) is 2.49. The van der Waals surface area contributed by atoms with Crippen molar-refractivity contribution in [2.45, 2.75) is 13.0 Å². The van der Waals surface area contributed by atoms with Crippen molar-refractivity contribution in [1.82, 2.24) is 14.8 Å². The van der Waals surface area contributed by atoms with Crippen molar-refractivity contribution in [1.29, 1.82) is 0 Å². The molecule has 0 spiro atoms. The molecule has 2 rings (SSSR count). The summed E-state index contributed by atoms with van der Waals surface area (Å²) in [6.45, 7) is 5.47. The lowest BCUT2D eigenvalue weighted by molar-refractivity contribution is 0.0554. The van der Waals surface area contributed by atoms with E-state index in [9.17, 15) is 9.90 Å². The molecule has 6 nitrogen and oxygen atoms in total. The molecule has 0 bridgehead atoms. The minimum absolute atomic E-state index is 0.0530. The predicted octanol–water partition coefficient (Wildman–Crippen LogP) is 0.286. The van der Waals surface area contributed by atoms with Crippen LogP contribution in [0.2, 0.25) is 0 Å². The summed E-state index contributed by atoms with van der Waals surface area (Å²) in [5.41, 5.74) is 0.678. The van der Waals surface area contributed by atoms with Gasteiger partial charge in [0.25, 0.3) is 5.91 Å². The van der Waals surface area contributed by atoms with Crippen LogP contribution in [0.25, 0.3) is 0 Å². The highest BCUT2D eigenvalue weighted by molar-refractivity contribution is 5.94. The fraction of sp³-hybridized carbons (Fsp3) is 0.600. The highest BCUT2D eigenvalue weighted by Gasteiger charge is 2.23. The molecule has 1 aliphatic heterocycles. The predicted molar refractivity (Wildman–Crippen MR) is 82.6 cm³/mol. The van der Waals surface area contributed by atoms with E-state index in [2.05, 4.69) is 9.88 Å². The van der Waals surface area contributed by atoms with Gasteiger partial charge in [-0.3, -0.25) is 9.69 Å². The van der Waals surface area contributed by atoms with Gasteiger partial charge in [0.05, 0.1) is 6.10 Å². The maximum absolute atomic E-state index is 12.5. The molecule has 1 N–H and O–H groups in total. The molecule has 6 heteroatoms. The molecule has 1 aromatic rings. The summed E-state index contributed by atoms with van der Waals surface area (Å²) in [7, 11) is 3.82. The first-order chi connectivity index (χ1) is 9.97. The molecule has 1 fully saturated rings. The molecular formula is C15H24N4O2. The van der Waals surface area contributed by atoms with Gasteiger partial charge in [-0.1, -0.05) is 0 Å². The number of amides is 1. The van der Waals surface area contributed by atoms with Crippen LogP contribution in [0, 0.1) is 0 Å². The van der Waals surface area contributed by atoms with Crippen LogP contribution in [0.5, 0.6) is 0 Å². The van der Waals surface area contributed by atoms with Gasteiger partial charge in [-0.2, -0.15) is 0 Å². The molecule has 1 atom stereocenters. The van der Waals surface area contributed by atoms with E-state index in [1.165, 1.54) is 0 Å². The number of hydrogen-bond donors (Lipinski definition) is 1. The Bertz CT molecular complexity index is 482. The molecule has 0 saturated carbocycles. The van der Waals surface area contributed by atoms with Crippen LogP contribution in [0.1, 0.15) is 17.3 Å². The van der Waals surface area contributed by atoms with E-state index in [1.54, 1.807) is 19.2 Å². The maximum Gasteiger partial charge on any atom is 0.254 e. The van der Waals surface area contributed by atoms with Crippen molar-refractivity contribution in [3.63, 3.8) is 0 Å². The SMILES string of the molecule is C[C@H](O)CN1CCN(C(=O)c2ccnc(N(C)C)c2)CC1. The third-order valence-electron chi connectivity index (χ3n) is 3.63. The van der Waals surface area contributed by atoms with Crippen molar-refractivity contribution in [2.24, 2.45) is 0 Å². The van der Waals surface area contributed by atoms with Gasteiger partial charge < -0.3 is 14.9 Å². The minimum Gasteiger partial charge on any atom is -0.392 e. The Labute approximate surface area is 126 Å². The van der Waals surface area contributed by atoms with Gasteiger partial charge in [-0.15, -0.1) is 0 Å². The summed E-state index contributed by atoms with van der Waals surface area (Å²) >= 11 is 0. The Balaban J connectivity index is 1.97. The van der Waals surface area contributed by atoms with Crippen LogP contribution >= 0.6 is 0 Å². The summed E-state index contributed by atoms with van der Waals surface area (Å²) in [6.07, 6.45) is 1.35. The summed E-state index contributed by atoms with van der Waals surface area (Å²) in [6, 6.07) is 3.59. The second kappa shape index (κ2) is 6.87. The van der Waals surface area contributed by atoms with Crippen molar-refractivity contribution in [2.75, 3.05) is 51.7 Å². The molecule has 1 aliphatic rings. The number of pyridine rings is 1. The molecule has 1 saturated heterocycles. The molecule has 1 aromatic heterocycles. The van der Waals surface area contributed by atoms with Crippen LogP contribution in [-0.2, 0) is 0 Å². The summed E-state index contributed by atoms with van der Waals surface area (Å²) < 4.78 is 0. The quantitative estimate of drug-likeness (QED) is 0.864. The summed E-state index contributed by atoms with van der Waals surface area (Å²) in [5, 5.41) is 9.41. The maximum atomic E-state index is 12.5. The number of aliphatic hydroxyl groups is 1. The Morgan fingerprint density at radius 3 is 2.62 bits per heavy atom. The smallest absolute Gasteiger partial charge is 0.254 e. The Hall–Kier alpha value is -1.66. The molecule has 0 radical (unpaired) electrons. The number of anilines is 1. The molecular weight excluding hydrogens is 268 g/mol. The average molecular weight is 292 g/mol. The van der Waals surface area contributed by atoms with Gasteiger partial charge in [-0.05, 0) is 19.1 Å². The number of β-amino-alcohol motifs (C(OH)–C–C–N with tert-alkyl or cyclic N) is 1. The van der Waals surface area contributed by atoms with Gasteiger partial charge in [0, 0.05) is 58.6 Å². The Kier molecular flexibility index (Phi) is 5.14. The first-order valence-electron chi connectivity index (χ1n) is 7.30. The summed E-state index contributed by atoms with van der Waals surface area (Å²) in [5.74, 6) is 0.839. The lowest BCUT2D eigenvalue weighted by Gasteiger charge is -2.35. The van der Waals surface area contributed by atoms with Gasteiger partial charge in [0.15, 0.2) is 0 Å². The number of aromatic nitrogens is 1. The normalized spacial score (nSPS) is 17.6. The first kappa shape index (κ1) is 15.7. The van der Waals surface area contributed by atoms with Crippen molar-refractivity contribution in [3.8, 4) is 0 Å². The second-order valence-corrected chi connectivity index (χ2v) is 5.74. The van der Waals surface area contributed by atoms with Gasteiger partial charge in [-0.25, -0.2) is 4.98 Å². The van der Waals surface area contributed by atoms with Crippen LogP contribution in [-0.4, -0.2) is 78.7 Å². The van der Waals surface area contributed by atoms with Crippen LogP contribution in [0.3, 0.4) is 0 Å². The topological polar surface area (TPSA) is 59.9 Å². The highest BCUT2D eigenvalue weighted by Crippen LogP contribution is 2.13. The van der Waals surface area contributed by atoms with E-state index < -0.39 is 0 Å². The molecule has 1 amide bonds. The van der Waals surface area contributed by atoms with E-state index in [0.717, 1.165) is 18.9 Å². The lowest BCUT2D eigenvalue weighted by Crippen LogP contribution is -2.50. The van der Waals surface area contributed by atoms with Crippen LogP contribution in [0.4, 0.5) is 5.82 Å². The highest BCUT2D eigenvalue weighted by atomic mass is 16.3. The van der Waals surface area contributed by atoms with Gasteiger partial charge in [0.2, 0.25) is 0 Å². The number of hydrogen-bond acceptors (Lipinski definition) is 5. The number of carbonyl (C=O) groups excluding carboxylic acids is 1. The zero-order valence-electron chi connectivity index (χ0n) is 13.0. The number of rotatable bonds is 4. The second-order valence-electron chi connectivity index (χ2n) is 5.74. The first-order valence-corrected chi connectivity index (χ1v) is 7.30. The van der Waals surface area contributed by atoms with E-state index >= 15 is 0 Å². The van der Waals surface area contributed by atoms with E-state index in [4.69, 9.17) is 0 Å². The lowest BCUT2D eigenvalue weighted by atomic mass is 10.2. The molecule has 2 heterocycles. The standard InChI is InChI=1S/C15H24N4O2/c1-12(20)11-18-6-8-19(9-7-18)15(21)13-4-5-16-14(10-13)17(2)3/h4-5,10,12,20H,6-9,11H2,1-3H3/t12-/m0/s1. The average Bonchev–Trinajstić information content (AvgIpc) is 2.47. The van der Waals surface area contributed by atoms with Crippen LogP contribution < -0.4 is 4.90 Å². The molecule has 0 aliphatic carbocycles. The van der Waals surface area contributed by atoms with E-state index in [1.807, 2.05) is 30.0 Å². The third kappa shape index (κ3) is 4.15. The minimum atomic E-state index is -0.324. The van der Waals surface area contributed by atoms with Crippen LogP contribution in [0.15, 0.2) is 18.3 Å². The van der Waals surface area contributed by atoms with Gasteiger partial charge in [0.1, 0.15) is 5.82 Å². The molecule has 116 valence electrons. The van der Waals surface area contributed by atoms with Crippen molar-refractivity contribution < 1.29 is 9.90 Å².